The van der Waals surface area contributed by atoms with Gasteiger partial charge in [0.25, 0.3) is 0 Å². The van der Waals surface area contributed by atoms with Gasteiger partial charge in [-0.3, -0.25) is 14.5 Å². The van der Waals surface area contributed by atoms with E-state index >= 15 is 0 Å². The lowest BCUT2D eigenvalue weighted by Gasteiger charge is -2.38. The summed E-state index contributed by atoms with van der Waals surface area (Å²) >= 11 is 0. The zero-order chi connectivity index (χ0) is 15.2. The van der Waals surface area contributed by atoms with Gasteiger partial charge in [0.05, 0.1) is 12.0 Å². The molecule has 0 aromatic rings. The number of nitrogens with zero attached hydrogens (tertiary/aromatic N) is 2. The van der Waals surface area contributed by atoms with E-state index in [0.717, 1.165) is 13.0 Å². The van der Waals surface area contributed by atoms with Gasteiger partial charge >= 0.3 is 0 Å². The van der Waals surface area contributed by atoms with E-state index in [9.17, 15) is 14.7 Å². The molecule has 0 aromatic heterocycles. The third-order valence-electron chi connectivity index (χ3n) is 3.94. The number of hydrogen-bond donors (Lipinski definition) is 2. The Hall–Kier alpha value is -1.14. The fourth-order valence-electron chi connectivity index (χ4n) is 2.55. The molecule has 0 aromatic carbocycles. The van der Waals surface area contributed by atoms with Crippen LogP contribution in [0.3, 0.4) is 0 Å². The fraction of sp³-hybridized carbons (Fsp3) is 0.857. The summed E-state index contributed by atoms with van der Waals surface area (Å²) in [4.78, 5) is 27.0. The second kappa shape index (κ2) is 7.59. The van der Waals surface area contributed by atoms with Crippen LogP contribution in [0, 0.1) is 0 Å². The number of piperidine rings is 1. The van der Waals surface area contributed by atoms with E-state index in [1.165, 1.54) is 0 Å². The molecule has 0 bridgehead atoms. The molecule has 1 fully saturated rings. The Morgan fingerprint density at radius 3 is 2.75 bits per heavy atom. The standard InChI is InChI=1S/C14H27N3O3/c1-4-16(3)13(19)6-9-17-8-5-7-14(20,11-17)10-12(18)15-2/h20H,4-11H2,1-3H3,(H,15,18). The van der Waals surface area contributed by atoms with Crippen LogP contribution >= 0.6 is 0 Å². The average Bonchev–Trinajstić information content (AvgIpc) is 2.43. The van der Waals surface area contributed by atoms with E-state index < -0.39 is 5.60 Å². The Balaban J connectivity index is 2.44. The van der Waals surface area contributed by atoms with Crippen molar-refractivity contribution in [2.45, 2.75) is 38.2 Å². The van der Waals surface area contributed by atoms with Crippen LogP contribution in [-0.2, 0) is 9.59 Å². The van der Waals surface area contributed by atoms with E-state index in [1.807, 2.05) is 6.92 Å². The van der Waals surface area contributed by atoms with Crippen molar-refractivity contribution in [2.24, 2.45) is 0 Å². The first-order valence-corrected chi connectivity index (χ1v) is 7.29. The number of carbonyl (C=O) groups is 2. The van der Waals surface area contributed by atoms with Crippen molar-refractivity contribution < 1.29 is 14.7 Å². The van der Waals surface area contributed by atoms with Gasteiger partial charge in [-0.1, -0.05) is 0 Å². The molecule has 0 aliphatic carbocycles. The molecule has 116 valence electrons. The lowest BCUT2D eigenvalue weighted by molar-refractivity contribution is -0.132. The van der Waals surface area contributed by atoms with E-state index in [2.05, 4.69) is 10.2 Å². The largest absolute Gasteiger partial charge is 0.388 e. The Labute approximate surface area is 121 Å². The van der Waals surface area contributed by atoms with Gasteiger partial charge < -0.3 is 15.3 Å². The third-order valence-corrected chi connectivity index (χ3v) is 3.94. The SMILES string of the molecule is CCN(C)C(=O)CCN1CCCC(O)(CC(=O)NC)C1. The highest BCUT2D eigenvalue weighted by molar-refractivity contribution is 5.77. The van der Waals surface area contributed by atoms with Gasteiger partial charge in [-0.05, 0) is 26.3 Å². The minimum atomic E-state index is -0.960. The van der Waals surface area contributed by atoms with Crippen molar-refractivity contribution in [3.63, 3.8) is 0 Å². The number of hydrogen-bond acceptors (Lipinski definition) is 4. The van der Waals surface area contributed by atoms with Crippen LogP contribution in [-0.4, -0.2) is 72.6 Å². The fourth-order valence-corrected chi connectivity index (χ4v) is 2.55. The van der Waals surface area contributed by atoms with Gasteiger partial charge in [-0.15, -0.1) is 0 Å². The summed E-state index contributed by atoms with van der Waals surface area (Å²) in [5.41, 5.74) is -0.960. The van der Waals surface area contributed by atoms with Crippen LogP contribution in [0.2, 0.25) is 0 Å². The van der Waals surface area contributed by atoms with E-state index in [0.29, 0.717) is 32.5 Å². The predicted molar refractivity (Wildman–Crippen MR) is 77.2 cm³/mol. The zero-order valence-corrected chi connectivity index (χ0v) is 12.8. The van der Waals surface area contributed by atoms with Gasteiger partial charge in [0.2, 0.25) is 11.8 Å². The summed E-state index contributed by atoms with van der Waals surface area (Å²) in [6.07, 6.45) is 2.08. The van der Waals surface area contributed by atoms with Gasteiger partial charge in [-0.2, -0.15) is 0 Å². The molecule has 2 amide bonds. The van der Waals surface area contributed by atoms with Gasteiger partial charge in [0.1, 0.15) is 0 Å². The molecule has 1 rings (SSSR count). The van der Waals surface area contributed by atoms with E-state index in [1.54, 1.807) is 19.0 Å². The number of likely N-dealkylation sites (tertiary alicyclic amines) is 1. The maximum absolute atomic E-state index is 11.8. The molecule has 0 spiro atoms. The molecular weight excluding hydrogens is 258 g/mol. The minimum Gasteiger partial charge on any atom is -0.388 e. The molecule has 0 saturated carbocycles. The van der Waals surface area contributed by atoms with Crippen molar-refractivity contribution in [1.82, 2.24) is 15.1 Å². The van der Waals surface area contributed by atoms with Crippen molar-refractivity contribution in [3.05, 3.63) is 0 Å². The number of carbonyl (C=O) groups excluding carboxylic acids is 2. The normalized spacial score (nSPS) is 23.4. The Morgan fingerprint density at radius 1 is 1.45 bits per heavy atom. The predicted octanol–water partition coefficient (Wildman–Crippen LogP) is -0.182. The number of rotatable bonds is 6. The van der Waals surface area contributed by atoms with Crippen molar-refractivity contribution in [2.75, 3.05) is 40.3 Å². The molecule has 0 radical (unpaired) electrons. The maximum Gasteiger partial charge on any atom is 0.223 e. The number of amides is 2. The Kier molecular flexibility index (Phi) is 6.42. The van der Waals surface area contributed by atoms with Gasteiger partial charge in [0.15, 0.2) is 0 Å². The van der Waals surface area contributed by atoms with Gasteiger partial charge in [-0.25, -0.2) is 0 Å². The molecule has 6 heteroatoms. The summed E-state index contributed by atoms with van der Waals surface area (Å²) in [6.45, 7) is 4.63. The Morgan fingerprint density at radius 2 is 2.15 bits per heavy atom. The zero-order valence-electron chi connectivity index (χ0n) is 12.8. The molecule has 1 unspecified atom stereocenters. The highest BCUT2D eigenvalue weighted by Crippen LogP contribution is 2.24. The van der Waals surface area contributed by atoms with Crippen LogP contribution < -0.4 is 5.32 Å². The first-order chi connectivity index (χ1) is 9.40. The van der Waals surface area contributed by atoms with Crippen LogP contribution in [0.25, 0.3) is 0 Å². The summed E-state index contributed by atoms with van der Waals surface area (Å²) in [6, 6.07) is 0. The minimum absolute atomic E-state index is 0.118. The topological polar surface area (TPSA) is 72.9 Å². The smallest absolute Gasteiger partial charge is 0.223 e. The molecule has 1 aliphatic heterocycles. The quantitative estimate of drug-likeness (QED) is 0.710. The molecule has 2 N–H and O–H groups in total. The van der Waals surface area contributed by atoms with Crippen LogP contribution in [0.4, 0.5) is 0 Å². The molecule has 1 aliphatic rings. The number of nitrogens with one attached hydrogen (secondary N) is 1. The van der Waals surface area contributed by atoms with Crippen molar-refractivity contribution >= 4 is 11.8 Å². The highest BCUT2D eigenvalue weighted by Gasteiger charge is 2.35. The van der Waals surface area contributed by atoms with Crippen LogP contribution in [0.1, 0.15) is 32.6 Å². The van der Waals surface area contributed by atoms with Crippen LogP contribution in [0.5, 0.6) is 0 Å². The lowest BCUT2D eigenvalue weighted by Crippen LogP contribution is -2.50. The van der Waals surface area contributed by atoms with E-state index in [-0.39, 0.29) is 18.2 Å². The summed E-state index contributed by atoms with van der Waals surface area (Å²) in [5.74, 6) is -0.0240. The molecule has 1 saturated heterocycles. The number of β-amino-alcohol motifs (C(OH)–C–C–N with tert-alkyl or cyclic N) is 1. The first kappa shape index (κ1) is 16.9. The molecule has 1 heterocycles. The highest BCUT2D eigenvalue weighted by atomic mass is 16.3. The maximum atomic E-state index is 11.8. The molecule has 6 nitrogen and oxygen atoms in total. The van der Waals surface area contributed by atoms with Crippen molar-refractivity contribution in [3.8, 4) is 0 Å². The molecule has 20 heavy (non-hydrogen) atoms. The van der Waals surface area contributed by atoms with Gasteiger partial charge in [0, 0.05) is 40.2 Å². The monoisotopic (exact) mass is 285 g/mol. The van der Waals surface area contributed by atoms with Crippen molar-refractivity contribution in [1.29, 1.82) is 0 Å². The van der Waals surface area contributed by atoms with E-state index in [4.69, 9.17) is 0 Å². The second-order valence-electron chi connectivity index (χ2n) is 5.61. The third kappa shape index (κ3) is 5.09. The molecule has 1 atom stereocenters. The second-order valence-corrected chi connectivity index (χ2v) is 5.61. The summed E-state index contributed by atoms with van der Waals surface area (Å²) < 4.78 is 0. The Bertz CT molecular complexity index is 349. The lowest BCUT2D eigenvalue weighted by atomic mass is 9.89. The summed E-state index contributed by atoms with van der Waals surface area (Å²) in [7, 11) is 3.37. The molecular formula is C14H27N3O3. The number of aliphatic hydroxyl groups is 1. The first-order valence-electron chi connectivity index (χ1n) is 7.29. The summed E-state index contributed by atoms with van der Waals surface area (Å²) in [5, 5.41) is 13.0. The van der Waals surface area contributed by atoms with Crippen LogP contribution in [0.15, 0.2) is 0 Å². The average molecular weight is 285 g/mol.